The second kappa shape index (κ2) is 7.02. The Morgan fingerprint density at radius 3 is 2.72 bits per heavy atom. The summed E-state index contributed by atoms with van der Waals surface area (Å²) >= 11 is -0.495. The molecule has 25 heavy (non-hydrogen) atoms. The standard InChI is InChI=1S/C17H14AsF2N2O3/c1-22(2)6-5-18-11-8-13(23)14-16(15(11)24)25-17(21-14)10-7-9(19)3-4-12(10)20/h3-4,7-8H,5-6H2,1-2H3. The molecule has 1 aliphatic carbocycles. The zero-order valence-electron chi connectivity index (χ0n) is 13.5. The van der Waals surface area contributed by atoms with Gasteiger partial charge in [-0.1, -0.05) is 0 Å². The number of fused-ring (bicyclic) bond motifs is 1. The van der Waals surface area contributed by atoms with Crippen LogP contribution in [-0.2, 0) is 0 Å². The van der Waals surface area contributed by atoms with Crippen LogP contribution in [0, 0.1) is 11.6 Å². The minimum atomic E-state index is -0.745. The number of allylic oxidation sites excluding steroid dienone is 2. The molecule has 0 saturated carbocycles. The van der Waals surface area contributed by atoms with Gasteiger partial charge in [0.25, 0.3) is 0 Å². The molecule has 0 unspecified atom stereocenters. The fourth-order valence-electron chi connectivity index (χ4n) is 2.28. The van der Waals surface area contributed by atoms with Crippen molar-refractivity contribution in [2.45, 2.75) is 5.21 Å². The fraction of sp³-hybridized carbons (Fsp3) is 0.235. The number of hydrogen-bond acceptors (Lipinski definition) is 5. The third kappa shape index (κ3) is 3.62. The summed E-state index contributed by atoms with van der Waals surface area (Å²) in [5.41, 5.74) is -0.376. The molecule has 1 aromatic carbocycles. The van der Waals surface area contributed by atoms with Crippen molar-refractivity contribution in [2.75, 3.05) is 20.6 Å². The first kappa shape index (κ1) is 17.7. The van der Waals surface area contributed by atoms with Gasteiger partial charge < -0.3 is 0 Å². The number of rotatable bonds is 5. The molecule has 0 spiro atoms. The fourth-order valence-corrected chi connectivity index (χ4v) is 4.79. The van der Waals surface area contributed by atoms with Crippen molar-refractivity contribution >= 4 is 27.3 Å². The van der Waals surface area contributed by atoms with E-state index in [2.05, 4.69) is 4.98 Å². The van der Waals surface area contributed by atoms with Crippen LogP contribution in [0.25, 0.3) is 11.5 Å². The van der Waals surface area contributed by atoms with Crippen molar-refractivity contribution in [3.05, 3.63) is 51.7 Å². The SMILES string of the molecule is CN(C)CC[As]C1=CC(=O)c2nc(-c3cc(F)ccc3F)oc2C1=O. The van der Waals surface area contributed by atoms with Crippen LogP contribution in [0.3, 0.4) is 0 Å². The van der Waals surface area contributed by atoms with Gasteiger partial charge in [-0.3, -0.25) is 0 Å². The number of nitrogens with zero attached hydrogens (tertiary/aromatic N) is 2. The first-order chi connectivity index (χ1) is 11.9. The second-order valence-corrected chi connectivity index (χ2v) is 8.34. The Bertz CT molecular complexity index is 890. The summed E-state index contributed by atoms with van der Waals surface area (Å²) in [5.74, 6) is -2.73. The van der Waals surface area contributed by atoms with E-state index in [0.29, 0.717) is 4.36 Å². The van der Waals surface area contributed by atoms with Gasteiger partial charge in [0.15, 0.2) is 0 Å². The van der Waals surface area contributed by atoms with Gasteiger partial charge in [-0.2, -0.15) is 0 Å². The second-order valence-electron chi connectivity index (χ2n) is 5.73. The van der Waals surface area contributed by atoms with Crippen molar-refractivity contribution in [3.8, 4) is 11.5 Å². The zero-order chi connectivity index (χ0) is 18.1. The Labute approximate surface area is 149 Å². The van der Waals surface area contributed by atoms with Crippen molar-refractivity contribution in [3.63, 3.8) is 0 Å². The Kier molecular flexibility index (Phi) is 4.97. The maximum absolute atomic E-state index is 13.9. The topological polar surface area (TPSA) is 63.4 Å². The summed E-state index contributed by atoms with van der Waals surface area (Å²) in [5, 5.41) is 0.795. The number of benzene rings is 1. The van der Waals surface area contributed by atoms with Crippen molar-refractivity contribution < 1.29 is 22.8 Å². The summed E-state index contributed by atoms with van der Waals surface area (Å²) in [7, 11) is 3.86. The van der Waals surface area contributed by atoms with Gasteiger partial charge in [0, 0.05) is 0 Å². The predicted molar refractivity (Wildman–Crippen MR) is 87.7 cm³/mol. The number of aromatic nitrogens is 1. The van der Waals surface area contributed by atoms with Gasteiger partial charge in [-0.05, 0) is 0 Å². The van der Waals surface area contributed by atoms with Crippen molar-refractivity contribution in [2.24, 2.45) is 0 Å². The van der Waals surface area contributed by atoms with E-state index >= 15 is 0 Å². The Hall–Kier alpha value is -2.11. The first-order valence-electron chi connectivity index (χ1n) is 7.46. The Morgan fingerprint density at radius 2 is 2.00 bits per heavy atom. The molecule has 0 amide bonds. The molecule has 0 fully saturated rings. The molecule has 1 radical (unpaired) electrons. The molecule has 0 N–H and O–H groups in total. The first-order valence-corrected chi connectivity index (χ1v) is 9.72. The molecule has 1 heterocycles. The van der Waals surface area contributed by atoms with E-state index in [9.17, 15) is 18.4 Å². The van der Waals surface area contributed by atoms with E-state index < -0.39 is 39.0 Å². The maximum atomic E-state index is 13.9. The molecule has 1 aliphatic rings. The van der Waals surface area contributed by atoms with Gasteiger partial charge in [-0.15, -0.1) is 0 Å². The minimum absolute atomic E-state index is 0.152. The van der Waals surface area contributed by atoms with Gasteiger partial charge >= 0.3 is 149 Å². The Morgan fingerprint density at radius 1 is 1.24 bits per heavy atom. The Balaban J connectivity index is 1.91. The van der Waals surface area contributed by atoms with E-state index in [1.165, 1.54) is 6.08 Å². The van der Waals surface area contributed by atoms with Gasteiger partial charge in [-0.25, -0.2) is 0 Å². The van der Waals surface area contributed by atoms with E-state index in [1.54, 1.807) is 0 Å². The molecular formula is C17H14AsF2N2O3. The summed E-state index contributed by atoms with van der Waals surface area (Å²) in [6.45, 7) is 0.807. The average Bonchev–Trinajstić information content (AvgIpc) is 3.00. The number of ketones is 2. The van der Waals surface area contributed by atoms with Gasteiger partial charge in [0.05, 0.1) is 0 Å². The molecule has 0 atom stereocenters. The third-order valence-corrected chi connectivity index (χ3v) is 5.86. The van der Waals surface area contributed by atoms with Crippen LogP contribution < -0.4 is 0 Å². The van der Waals surface area contributed by atoms with Crippen LogP contribution >= 0.6 is 0 Å². The summed E-state index contributed by atoms with van der Waals surface area (Å²) in [4.78, 5) is 30.7. The number of carbonyl (C=O) groups is 2. The van der Waals surface area contributed by atoms with Gasteiger partial charge in [0.2, 0.25) is 0 Å². The zero-order valence-corrected chi connectivity index (χ0v) is 15.4. The molecule has 8 heteroatoms. The summed E-state index contributed by atoms with van der Waals surface area (Å²) in [6, 6.07) is 2.82. The van der Waals surface area contributed by atoms with E-state index in [0.717, 1.165) is 30.0 Å². The van der Waals surface area contributed by atoms with Crippen LogP contribution in [0.15, 0.2) is 33.1 Å². The van der Waals surface area contributed by atoms with Crippen LogP contribution in [0.4, 0.5) is 8.78 Å². The third-order valence-electron chi connectivity index (χ3n) is 3.56. The number of hydrogen-bond donors (Lipinski definition) is 0. The van der Waals surface area contributed by atoms with E-state index in [4.69, 9.17) is 4.42 Å². The normalized spacial score (nSPS) is 14.5. The summed E-state index contributed by atoms with van der Waals surface area (Å²) in [6.07, 6.45) is 1.29. The van der Waals surface area contributed by atoms with Crippen LogP contribution in [0.1, 0.15) is 21.0 Å². The molecule has 1 aromatic heterocycles. The predicted octanol–water partition coefficient (Wildman–Crippen LogP) is 2.57. The number of oxazole rings is 1. The monoisotopic (exact) mass is 407 g/mol. The molecule has 3 rings (SSSR count). The van der Waals surface area contributed by atoms with Crippen LogP contribution in [0.5, 0.6) is 0 Å². The summed E-state index contributed by atoms with van der Waals surface area (Å²) < 4.78 is 33.0. The number of Topliss-reactive ketones (excluding diaryl/α,β-unsaturated/α-hetero) is 1. The van der Waals surface area contributed by atoms with Crippen molar-refractivity contribution in [1.29, 1.82) is 0 Å². The van der Waals surface area contributed by atoms with E-state index in [1.807, 2.05) is 19.0 Å². The molecule has 0 saturated heterocycles. The van der Waals surface area contributed by atoms with Crippen LogP contribution in [-0.4, -0.2) is 57.8 Å². The molecule has 0 bridgehead atoms. The molecular weight excluding hydrogens is 393 g/mol. The number of carbonyl (C=O) groups excluding carboxylic acids is 2. The van der Waals surface area contributed by atoms with Gasteiger partial charge in [0.1, 0.15) is 0 Å². The molecule has 0 aliphatic heterocycles. The van der Waals surface area contributed by atoms with Crippen LogP contribution in [0.2, 0.25) is 5.21 Å². The number of halogens is 2. The average molecular weight is 407 g/mol. The molecule has 129 valence electrons. The quantitative estimate of drug-likeness (QED) is 0.714. The molecule has 2 aromatic rings. The van der Waals surface area contributed by atoms with E-state index in [-0.39, 0.29) is 22.9 Å². The molecule has 5 nitrogen and oxygen atoms in total. The van der Waals surface area contributed by atoms with Crippen molar-refractivity contribution in [1.82, 2.24) is 9.88 Å².